The molecule has 2 aromatic carbocycles. The number of hydrogen-bond acceptors (Lipinski definition) is 2. The fourth-order valence-electron chi connectivity index (χ4n) is 2.26. The van der Waals surface area contributed by atoms with Gasteiger partial charge in [-0.2, -0.15) is 0 Å². The maximum atomic E-state index is 5.28. The van der Waals surface area contributed by atoms with Crippen LogP contribution in [0.3, 0.4) is 0 Å². The lowest BCUT2D eigenvalue weighted by molar-refractivity contribution is 0.411. The topological polar surface area (TPSA) is 21.3 Å². The SMILES string of the molecule is COc1ccc(CN[C@H](C)c2ccccc2Br)cc1C. The van der Waals surface area contributed by atoms with Gasteiger partial charge in [0.15, 0.2) is 0 Å². The summed E-state index contributed by atoms with van der Waals surface area (Å²) < 4.78 is 6.43. The van der Waals surface area contributed by atoms with Gasteiger partial charge >= 0.3 is 0 Å². The van der Waals surface area contributed by atoms with Gasteiger partial charge in [-0.05, 0) is 42.7 Å². The molecule has 0 heterocycles. The minimum absolute atomic E-state index is 0.299. The quantitative estimate of drug-likeness (QED) is 0.862. The van der Waals surface area contributed by atoms with Gasteiger partial charge in [0, 0.05) is 17.1 Å². The summed E-state index contributed by atoms with van der Waals surface area (Å²) >= 11 is 3.60. The summed E-state index contributed by atoms with van der Waals surface area (Å²) in [6, 6.07) is 14.9. The number of methoxy groups -OCH3 is 1. The molecule has 106 valence electrons. The van der Waals surface area contributed by atoms with Crippen molar-refractivity contribution in [2.75, 3.05) is 7.11 Å². The first-order valence-corrected chi connectivity index (χ1v) is 7.52. The van der Waals surface area contributed by atoms with E-state index in [-0.39, 0.29) is 0 Å². The summed E-state index contributed by atoms with van der Waals surface area (Å²) in [6.45, 7) is 5.09. The molecule has 0 fully saturated rings. The molecule has 0 aliphatic heterocycles. The van der Waals surface area contributed by atoms with Crippen LogP contribution in [0.5, 0.6) is 5.75 Å². The summed E-state index contributed by atoms with van der Waals surface area (Å²) in [5, 5.41) is 3.55. The first kappa shape index (κ1) is 15.1. The monoisotopic (exact) mass is 333 g/mol. The van der Waals surface area contributed by atoms with Crippen LogP contribution in [0.1, 0.15) is 29.7 Å². The average molecular weight is 334 g/mol. The molecule has 20 heavy (non-hydrogen) atoms. The minimum Gasteiger partial charge on any atom is -0.496 e. The van der Waals surface area contributed by atoms with E-state index in [0.717, 1.165) is 16.8 Å². The zero-order valence-corrected chi connectivity index (χ0v) is 13.7. The predicted octanol–water partition coefficient (Wildman–Crippen LogP) is 4.62. The van der Waals surface area contributed by atoms with E-state index in [9.17, 15) is 0 Å². The Morgan fingerprint density at radius 2 is 1.95 bits per heavy atom. The molecule has 0 saturated carbocycles. The van der Waals surface area contributed by atoms with E-state index in [1.807, 2.05) is 12.1 Å². The van der Waals surface area contributed by atoms with Gasteiger partial charge in [-0.15, -0.1) is 0 Å². The molecule has 0 aromatic heterocycles. The summed E-state index contributed by atoms with van der Waals surface area (Å²) in [4.78, 5) is 0. The molecule has 0 amide bonds. The number of nitrogens with one attached hydrogen (secondary N) is 1. The molecule has 1 atom stereocenters. The number of ether oxygens (including phenoxy) is 1. The molecule has 2 rings (SSSR count). The lowest BCUT2D eigenvalue weighted by Gasteiger charge is -2.16. The van der Waals surface area contributed by atoms with E-state index in [1.54, 1.807) is 7.11 Å². The van der Waals surface area contributed by atoms with Gasteiger partial charge < -0.3 is 10.1 Å². The average Bonchev–Trinajstić information content (AvgIpc) is 2.45. The Morgan fingerprint density at radius 1 is 1.20 bits per heavy atom. The lowest BCUT2D eigenvalue weighted by Crippen LogP contribution is -2.18. The van der Waals surface area contributed by atoms with Gasteiger partial charge in [0.05, 0.1) is 7.11 Å². The Morgan fingerprint density at radius 3 is 2.60 bits per heavy atom. The van der Waals surface area contributed by atoms with Crippen molar-refractivity contribution in [3.63, 3.8) is 0 Å². The normalized spacial score (nSPS) is 12.2. The second-order valence-corrected chi connectivity index (χ2v) is 5.78. The van der Waals surface area contributed by atoms with Gasteiger partial charge in [0.2, 0.25) is 0 Å². The maximum Gasteiger partial charge on any atom is 0.121 e. The highest BCUT2D eigenvalue weighted by Gasteiger charge is 2.08. The van der Waals surface area contributed by atoms with Gasteiger partial charge in [-0.25, -0.2) is 0 Å². The van der Waals surface area contributed by atoms with Crippen LogP contribution in [0.4, 0.5) is 0 Å². The number of benzene rings is 2. The molecule has 1 N–H and O–H groups in total. The number of aryl methyl sites for hydroxylation is 1. The molecule has 0 spiro atoms. The molecule has 3 heteroatoms. The highest BCUT2D eigenvalue weighted by atomic mass is 79.9. The van der Waals surface area contributed by atoms with Crippen LogP contribution in [0.25, 0.3) is 0 Å². The fourth-order valence-corrected chi connectivity index (χ4v) is 2.89. The van der Waals surface area contributed by atoms with Crippen molar-refractivity contribution in [2.24, 2.45) is 0 Å². The van der Waals surface area contributed by atoms with Crippen molar-refractivity contribution in [2.45, 2.75) is 26.4 Å². The second kappa shape index (κ2) is 6.91. The Hall–Kier alpha value is -1.32. The summed E-state index contributed by atoms with van der Waals surface area (Å²) in [5.41, 5.74) is 3.71. The third-order valence-corrected chi connectivity index (χ3v) is 4.17. The maximum absolute atomic E-state index is 5.28. The first-order chi connectivity index (χ1) is 9.61. The van der Waals surface area contributed by atoms with E-state index >= 15 is 0 Å². The van der Waals surface area contributed by atoms with Crippen molar-refractivity contribution in [1.82, 2.24) is 5.32 Å². The van der Waals surface area contributed by atoms with Crippen molar-refractivity contribution < 1.29 is 4.74 Å². The van der Waals surface area contributed by atoms with E-state index in [0.29, 0.717) is 6.04 Å². The number of hydrogen-bond donors (Lipinski definition) is 1. The molecule has 0 radical (unpaired) electrons. The van der Waals surface area contributed by atoms with Crippen LogP contribution in [-0.2, 0) is 6.54 Å². The minimum atomic E-state index is 0.299. The van der Waals surface area contributed by atoms with Crippen LogP contribution >= 0.6 is 15.9 Å². The van der Waals surface area contributed by atoms with Gasteiger partial charge in [-0.3, -0.25) is 0 Å². The van der Waals surface area contributed by atoms with E-state index in [1.165, 1.54) is 16.7 Å². The largest absolute Gasteiger partial charge is 0.496 e. The van der Waals surface area contributed by atoms with Gasteiger partial charge in [-0.1, -0.05) is 46.3 Å². The standard InChI is InChI=1S/C17H20BrNO/c1-12-10-14(8-9-17(12)20-3)11-19-13(2)15-6-4-5-7-16(15)18/h4-10,13,19H,11H2,1-3H3/t13-/m1/s1. The van der Waals surface area contributed by atoms with Crippen molar-refractivity contribution >= 4 is 15.9 Å². The zero-order valence-electron chi connectivity index (χ0n) is 12.1. The molecule has 0 unspecified atom stereocenters. The van der Waals surface area contributed by atoms with Gasteiger partial charge in [0.25, 0.3) is 0 Å². The molecule has 0 saturated heterocycles. The zero-order chi connectivity index (χ0) is 14.5. The van der Waals surface area contributed by atoms with Crippen molar-refractivity contribution in [3.8, 4) is 5.75 Å². The fraction of sp³-hybridized carbons (Fsp3) is 0.294. The van der Waals surface area contributed by atoms with Crippen LogP contribution in [0, 0.1) is 6.92 Å². The molecule has 2 nitrogen and oxygen atoms in total. The smallest absolute Gasteiger partial charge is 0.121 e. The molecule has 0 aliphatic rings. The molecule has 2 aromatic rings. The number of rotatable bonds is 5. The molecule has 0 bridgehead atoms. The Kier molecular flexibility index (Phi) is 5.21. The molecular formula is C17H20BrNO. The van der Waals surface area contributed by atoms with E-state index in [2.05, 4.69) is 65.4 Å². The van der Waals surface area contributed by atoms with Crippen molar-refractivity contribution in [1.29, 1.82) is 0 Å². The first-order valence-electron chi connectivity index (χ1n) is 6.73. The van der Waals surface area contributed by atoms with Crippen LogP contribution in [0.2, 0.25) is 0 Å². The molecular weight excluding hydrogens is 314 g/mol. The van der Waals surface area contributed by atoms with Crippen LogP contribution in [-0.4, -0.2) is 7.11 Å². The van der Waals surface area contributed by atoms with Gasteiger partial charge in [0.1, 0.15) is 5.75 Å². The Balaban J connectivity index is 2.02. The van der Waals surface area contributed by atoms with Crippen molar-refractivity contribution in [3.05, 3.63) is 63.6 Å². The summed E-state index contributed by atoms with van der Waals surface area (Å²) in [6.07, 6.45) is 0. The summed E-state index contributed by atoms with van der Waals surface area (Å²) in [5.74, 6) is 0.938. The Bertz CT molecular complexity index is 583. The summed E-state index contributed by atoms with van der Waals surface area (Å²) in [7, 11) is 1.70. The third kappa shape index (κ3) is 3.62. The number of halogens is 1. The highest BCUT2D eigenvalue weighted by Crippen LogP contribution is 2.23. The third-order valence-electron chi connectivity index (χ3n) is 3.44. The molecule has 0 aliphatic carbocycles. The van der Waals surface area contributed by atoms with E-state index < -0.39 is 0 Å². The van der Waals surface area contributed by atoms with E-state index in [4.69, 9.17) is 4.74 Å². The second-order valence-electron chi connectivity index (χ2n) is 4.93. The lowest BCUT2D eigenvalue weighted by atomic mass is 10.1. The highest BCUT2D eigenvalue weighted by molar-refractivity contribution is 9.10. The Labute approximate surface area is 129 Å². The van der Waals surface area contributed by atoms with Crippen LogP contribution in [0.15, 0.2) is 46.9 Å². The van der Waals surface area contributed by atoms with Crippen LogP contribution < -0.4 is 10.1 Å². The predicted molar refractivity (Wildman–Crippen MR) is 87.1 cm³/mol.